The molecule has 1 saturated carbocycles. The van der Waals surface area contributed by atoms with Crippen molar-refractivity contribution in [2.45, 2.75) is 31.6 Å². The number of hydrogen-bond donors (Lipinski definition) is 3. The third-order valence-electron chi connectivity index (χ3n) is 5.41. The lowest BCUT2D eigenvalue weighted by atomic mass is 9.94. The minimum absolute atomic E-state index is 0.0769. The number of sulfonamides is 1. The predicted molar refractivity (Wildman–Crippen MR) is 121 cm³/mol. The first-order valence-corrected chi connectivity index (χ1v) is 12.2. The molecule has 3 N–H and O–H groups in total. The second kappa shape index (κ2) is 6.94. The molecule has 1 fully saturated rings. The van der Waals surface area contributed by atoms with Crippen LogP contribution in [0.25, 0.3) is 32.1 Å². The van der Waals surface area contributed by atoms with Gasteiger partial charge >= 0.3 is 0 Å². The number of phenols is 1. The van der Waals surface area contributed by atoms with Crippen molar-refractivity contribution >= 4 is 42.3 Å². The Kier molecular flexibility index (Phi) is 4.46. The first kappa shape index (κ1) is 19.3. The fraction of sp³-hybridized carbons (Fsp3) is 0.227. The van der Waals surface area contributed by atoms with Crippen LogP contribution in [0.2, 0.25) is 0 Å². The summed E-state index contributed by atoms with van der Waals surface area (Å²) in [6, 6.07) is 10.8. The number of phenolic OH excluding ortho intramolecular Hbond substituents is 1. The number of thiophene rings is 1. The van der Waals surface area contributed by atoms with Gasteiger partial charge in [0, 0.05) is 22.4 Å². The average molecular weight is 441 g/mol. The summed E-state index contributed by atoms with van der Waals surface area (Å²) in [5.74, 6) is 0.0438. The first-order valence-electron chi connectivity index (χ1n) is 9.67. The van der Waals surface area contributed by atoms with Crippen molar-refractivity contribution in [3.05, 3.63) is 63.3 Å². The van der Waals surface area contributed by atoms with Crippen LogP contribution in [0, 0.1) is 6.92 Å². The summed E-state index contributed by atoms with van der Waals surface area (Å²) in [5, 5.41) is 14.2. The van der Waals surface area contributed by atoms with Gasteiger partial charge in [-0.2, -0.15) is 0 Å². The molecule has 4 aromatic rings. The van der Waals surface area contributed by atoms with E-state index < -0.39 is 10.0 Å². The standard InChI is InChI=1S/C22H20N2O4S2/c1-12-10-17(25)18(19-16-8-9-29-21(16)22(26)23-20(12)19)14-4-2-13(3-5-14)11-30(27,28)24-15-6-7-15/h2-5,8-10,15,24-25H,6-7,11H2,1H3,(H,23,26). The van der Waals surface area contributed by atoms with E-state index in [4.69, 9.17) is 0 Å². The molecule has 1 aliphatic carbocycles. The van der Waals surface area contributed by atoms with Crippen molar-refractivity contribution in [1.29, 1.82) is 0 Å². The number of rotatable bonds is 5. The summed E-state index contributed by atoms with van der Waals surface area (Å²) in [6.07, 6.45) is 1.80. The molecule has 0 spiro atoms. The van der Waals surface area contributed by atoms with Crippen molar-refractivity contribution < 1.29 is 13.5 Å². The van der Waals surface area contributed by atoms with Crippen molar-refractivity contribution in [2.75, 3.05) is 0 Å². The Balaban J connectivity index is 1.62. The highest BCUT2D eigenvalue weighted by molar-refractivity contribution is 7.88. The molecule has 0 saturated heterocycles. The maximum atomic E-state index is 12.4. The summed E-state index contributed by atoms with van der Waals surface area (Å²) in [7, 11) is -3.36. The van der Waals surface area contributed by atoms with Crippen LogP contribution in [0.4, 0.5) is 0 Å². The maximum Gasteiger partial charge on any atom is 0.266 e. The molecule has 1 aliphatic rings. The van der Waals surface area contributed by atoms with Crippen LogP contribution < -0.4 is 10.3 Å². The van der Waals surface area contributed by atoms with Crippen molar-refractivity contribution in [3.63, 3.8) is 0 Å². The van der Waals surface area contributed by atoms with Crippen molar-refractivity contribution in [3.8, 4) is 16.9 Å². The number of aromatic nitrogens is 1. The number of aryl methyl sites for hydroxylation is 1. The van der Waals surface area contributed by atoms with Crippen LogP contribution in [0.1, 0.15) is 24.0 Å². The van der Waals surface area contributed by atoms with Crippen molar-refractivity contribution in [2.24, 2.45) is 0 Å². The molecule has 6 nitrogen and oxygen atoms in total. The topological polar surface area (TPSA) is 99.3 Å². The Bertz CT molecular complexity index is 1450. The lowest BCUT2D eigenvalue weighted by Crippen LogP contribution is -2.27. The van der Waals surface area contributed by atoms with Gasteiger partial charge in [0.15, 0.2) is 0 Å². The maximum absolute atomic E-state index is 12.4. The van der Waals surface area contributed by atoms with Gasteiger partial charge in [-0.05, 0) is 54.0 Å². The quantitative estimate of drug-likeness (QED) is 0.437. The Hall–Kier alpha value is -2.68. The zero-order valence-corrected chi connectivity index (χ0v) is 17.9. The summed E-state index contributed by atoms with van der Waals surface area (Å²) in [4.78, 5) is 15.4. The fourth-order valence-electron chi connectivity index (χ4n) is 3.86. The molecule has 5 rings (SSSR count). The highest BCUT2D eigenvalue weighted by Gasteiger charge is 2.27. The van der Waals surface area contributed by atoms with Gasteiger partial charge in [0.25, 0.3) is 5.56 Å². The molecule has 0 unspecified atom stereocenters. The molecule has 2 aromatic heterocycles. The van der Waals surface area contributed by atoms with Gasteiger partial charge in [0.1, 0.15) is 10.4 Å². The van der Waals surface area contributed by atoms with E-state index in [1.807, 2.05) is 30.5 Å². The number of fused-ring (bicyclic) bond motifs is 3. The number of nitrogens with one attached hydrogen (secondary N) is 2. The van der Waals surface area contributed by atoms with Gasteiger partial charge in [-0.15, -0.1) is 11.3 Å². The lowest BCUT2D eigenvalue weighted by Gasteiger charge is -2.13. The van der Waals surface area contributed by atoms with Gasteiger partial charge in [-0.1, -0.05) is 24.3 Å². The minimum atomic E-state index is -3.36. The van der Waals surface area contributed by atoms with E-state index >= 15 is 0 Å². The van der Waals surface area contributed by atoms with Crippen LogP contribution in [-0.4, -0.2) is 24.6 Å². The number of aromatic hydroxyl groups is 1. The van der Waals surface area contributed by atoms with Gasteiger partial charge in [0.05, 0.1) is 11.3 Å². The second-order valence-corrected chi connectivity index (χ2v) is 10.5. The molecular weight excluding hydrogens is 420 g/mol. The minimum Gasteiger partial charge on any atom is -0.507 e. The number of pyridine rings is 1. The van der Waals surface area contributed by atoms with E-state index in [0.29, 0.717) is 21.3 Å². The van der Waals surface area contributed by atoms with Crippen molar-refractivity contribution in [1.82, 2.24) is 9.71 Å². The van der Waals surface area contributed by atoms with E-state index in [0.717, 1.165) is 34.7 Å². The monoisotopic (exact) mass is 440 g/mol. The smallest absolute Gasteiger partial charge is 0.266 e. The van der Waals surface area contributed by atoms with Crippen LogP contribution in [0.3, 0.4) is 0 Å². The van der Waals surface area contributed by atoms with Crippen LogP contribution in [0.15, 0.2) is 46.6 Å². The summed E-state index contributed by atoms with van der Waals surface area (Å²) < 4.78 is 27.8. The van der Waals surface area contributed by atoms with Gasteiger partial charge in [0.2, 0.25) is 10.0 Å². The summed E-state index contributed by atoms with van der Waals surface area (Å²) in [6.45, 7) is 1.85. The van der Waals surface area contributed by atoms with Crippen LogP contribution >= 0.6 is 11.3 Å². The molecule has 2 aromatic carbocycles. The molecule has 0 bridgehead atoms. The number of benzene rings is 2. The first-order chi connectivity index (χ1) is 14.3. The number of aromatic amines is 1. The van der Waals surface area contributed by atoms with Gasteiger partial charge in [-0.25, -0.2) is 13.1 Å². The summed E-state index contributed by atoms with van der Waals surface area (Å²) in [5.41, 5.74) is 3.39. The Morgan fingerprint density at radius 2 is 1.93 bits per heavy atom. The largest absolute Gasteiger partial charge is 0.507 e. The Morgan fingerprint density at radius 1 is 1.20 bits per heavy atom. The molecular formula is C22H20N2O4S2. The van der Waals surface area contributed by atoms with E-state index in [-0.39, 0.29) is 23.1 Å². The highest BCUT2D eigenvalue weighted by atomic mass is 32.2. The van der Waals surface area contributed by atoms with Crippen LogP contribution in [0.5, 0.6) is 5.75 Å². The van der Waals surface area contributed by atoms with Gasteiger partial charge < -0.3 is 10.1 Å². The van der Waals surface area contributed by atoms with E-state index in [1.54, 1.807) is 18.2 Å². The molecule has 8 heteroatoms. The molecule has 154 valence electrons. The second-order valence-electron chi connectivity index (χ2n) is 7.80. The molecule has 0 aliphatic heterocycles. The normalized spacial score (nSPS) is 14.6. The highest BCUT2D eigenvalue weighted by Crippen LogP contribution is 2.41. The van der Waals surface area contributed by atoms with Crippen LogP contribution in [-0.2, 0) is 15.8 Å². The third-order valence-corrected chi connectivity index (χ3v) is 7.72. The molecule has 2 heterocycles. The zero-order chi connectivity index (χ0) is 21.0. The average Bonchev–Trinajstić information content (AvgIpc) is 3.33. The number of hydrogen-bond acceptors (Lipinski definition) is 5. The molecule has 0 amide bonds. The third kappa shape index (κ3) is 3.40. The van der Waals surface area contributed by atoms with E-state index in [1.165, 1.54) is 11.3 Å². The molecule has 0 atom stereocenters. The lowest BCUT2D eigenvalue weighted by molar-refractivity contribution is 0.477. The fourth-order valence-corrected chi connectivity index (χ4v) is 6.11. The Morgan fingerprint density at radius 3 is 2.63 bits per heavy atom. The van der Waals surface area contributed by atoms with Gasteiger partial charge in [-0.3, -0.25) is 4.79 Å². The predicted octanol–water partition coefficient (Wildman–Crippen LogP) is 4.01. The zero-order valence-electron chi connectivity index (χ0n) is 16.2. The SMILES string of the molecule is Cc1cc(O)c(-c2ccc(CS(=O)(=O)NC3CC3)cc2)c2c1[nH]c(=O)c1sccc12. The molecule has 30 heavy (non-hydrogen) atoms. The van der Waals surface area contributed by atoms with E-state index in [9.17, 15) is 18.3 Å². The number of H-pyrrole nitrogens is 1. The summed E-state index contributed by atoms with van der Waals surface area (Å²) >= 11 is 1.36. The Labute approximate surface area is 177 Å². The molecule has 0 radical (unpaired) electrons. The van der Waals surface area contributed by atoms with E-state index in [2.05, 4.69) is 9.71 Å².